The highest BCUT2D eigenvalue weighted by Gasteiger charge is 2.28. The zero-order valence-corrected chi connectivity index (χ0v) is 23.7. The molecule has 0 saturated heterocycles. The minimum atomic E-state index is -0.682. The first-order valence-electron chi connectivity index (χ1n) is 12.5. The molecule has 0 saturated carbocycles. The van der Waals surface area contributed by atoms with E-state index in [2.05, 4.69) is 25.6 Å². The molecule has 3 heterocycles. The van der Waals surface area contributed by atoms with E-state index in [0.29, 0.717) is 17.3 Å². The quantitative estimate of drug-likeness (QED) is 0.353. The summed E-state index contributed by atoms with van der Waals surface area (Å²) in [5.74, 6) is 0.719. The predicted molar refractivity (Wildman–Crippen MR) is 159 cm³/mol. The van der Waals surface area contributed by atoms with Gasteiger partial charge in [0, 0.05) is 17.7 Å². The molecule has 3 N–H and O–H groups in total. The number of dihydropyridines is 1. The number of carbonyl (C=O) groups is 2. The molecule has 3 aromatic rings. The summed E-state index contributed by atoms with van der Waals surface area (Å²) in [5.41, 5.74) is 2.20. The molecule has 2 aliphatic rings. The number of allylic oxidation sites excluding steroid dienone is 1. The van der Waals surface area contributed by atoms with Crippen LogP contribution in [0.15, 0.2) is 69.3 Å². The predicted octanol–water partition coefficient (Wildman–Crippen LogP) is 5.34. The molecule has 1 atom stereocenters. The first-order chi connectivity index (χ1) is 19.5. The van der Waals surface area contributed by atoms with Crippen LogP contribution in [0.3, 0.4) is 0 Å². The van der Waals surface area contributed by atoms with E-state index in [1.54, 1.807) is 41.1 Å². The number of aliphatic imine (C=N–C) groups is 3. The van der Waals surface area contributed by atoms with Crippen LogP contribution in [0.4, 0.5) is 16.3 Å². The van der Waals surface area contributed by atoms with E-state index in [1.165, 1.54) is 6.21 Å². The maximum Gasteiger partial charge on any atom is 0.324 e. The number of nitrogens with one attached hydrogen (secondary N) is 2. The number of amidine groups is 1. The molecular weight excluding hydrogens is 569 g/mol. The molecule has 3 amide bonds. The van der Waals surface area contributed by atoms with Crippen LogP contribution in [0.1, 0.15) is 32.0 Å². The third-order valence-corrected chi connectivity index (χ3v) is 6.99. The van der Waals surface area contributed by atoms with E-state index in [4.69, 9.17) is 33.0 Å². The molecule has 1 aromatic heterocycles. The molecule has 41 heavy (non-hydrogen) atoms. The summed E-state index contributed by atoms with van der Waals surface area (Å²) in [6.45, 7) is 5.99. The number of rotatable bonds is 6. The number of nitrogens with zero attached hydrogens (tertiary/aromatic N) is 5. The Morgan fingerprint density at radius 2 is 1.85 bits per heavy atom. The number of hydrogen-bond donors (Lipinski definition) is 3. The number of aliphatic hydroxyl groups is 1. The minimum Gasteiger partial charge on any atom is -0.457 e. The number of amides is 3. The first kappa shape index (κ1) is 28.2. The van der Waals surface area contributed by atoms with Crippen LogP contribution in [0, 0.1) is 0 Å². The number of hydrogen-bond acceptors (Lipinski definition) is 7. The second-order valence-corrected chi connectivity index (χ2v) is 10.9. The first-order valence-corrected chi connectivity index (χ1v) is 13.2. The van der Waals surface area contributed by atoms with Crippen molar-refractivity contribution < 1.29 is 19.4 Å². The van der Waals surface area contributed by atoms with Crippen LogP contribution >= 0.6 is 23.2 Å². The summed E-state index contributed by atoms with van der Waals surface area (Å²) in [6, 6.07) is 10.8. The molecule has 0 bridgehead atoms. The molecule has 0 fully saturated rings. The molecule has 0 spiro atoms. The second kappa shape index (κ2) is 11.3. The number of anilines is 2. The number of carbonyl (C=O) groups excluding carboxylic acids is 2. The largest absolute Gasteiger partial charge is 0.457 e. The Morgan fingerprint density at radius 1 is 1.10 bits per heavy atom. The van der Waals surface area contributed by atoms with Gasteiger partial charge < -0.3 is 15.2 Å². The van der Waals surface area contributed by atoms with Crippen LogP contribution in [0.5, 0.6) is 5.75 Å². The smallest absolute Gasteiger partial charge is 0.324 e. The molecule has 13 heteroatoms. The Balaban J connectivity index is 1.34. The third kappa shape index (κ3) is 6.07. The van der Waals surface area contributed by atoms with Gasteiger partial charge in [-0.25, -0.2) is 14.5 Å². The van der Waals surface area contributed by atoms with Gasteiger partial charge in [0.2, 0.25) is 0 Å². The van der Waals surface area contributed by atoms with E-state index in [1.807, 2.05) is 32.9 Å². The van der Waals surface area contributed by atoms with Gasteiger partial charge in [-0.1, -0.05) is 56.1 Å². The van der Waals surface area contributed by atoms with E-state index in [9.17, 15) is 14.7 Å². The van der Waals surface area contributed by atoms with Crippen molar-refractivity contribution in [3.63, 3.8) is 0 Å². The van der Waals surface area contributed by atoms with Crippen molar-refractivity contribution in [3.8, 4) is 11.4 Å². The Bertz CT molecular complexity index is 1650. The van der Waals surface area contributed by atoms with Crippen molar-refractivity contribution in [3.05, 3.63) is 75.6 Å². The number of ether oxygens (including phenoxy) is 1. The molecule has 210 valence electrons. The lowest BCUT2D eigenvalue weighted by Crippen LogP contribution is -2.30. The van der Waals surface area contributed by atoms with Gasteiger partial charge in [0.25, 0.3) is 5.91 Å². The van der Waals surface area contributed by atoms with Gasteiger partial charge in [-0.2, -0.15) is 10.1 Å². The topological polar surface area (TPSA) is 143 Å². The van der Waals surface area contributed by atoms with Gasteiger partial charge in [-0.15, -0.1) is 0 Å². The average molecular weight is 594 g/mol. The number of benzene rings is 2. The zero-order chi connectivity index (χ0) is 29.3. The summed E-state index contributed by atoms with van der Waals surface area (Å²) in [4.78, 5) is 36.6. The van der Waals surface area contributed by atoms with E-state index in [0.717, 1.165) is 17.5 Å². The maximum atomic E-state index is 13.1. The Kier molecular flexibility index (Phi) is 7.76. The molecule has 2 aromatic carbocycles. The minimum absolute atomic E-state index is 0.0593. The van der Waals surface area contributed by atoms with Crippen molar-refractivity contribution in [1.29, 1.82) is 0 Å². The lowest BCUT2D eigenvalue weighted by atomic mass is 9.92. The number of halogens is 2. The number of fused-ring (bicyclic) bond motifs is 1. The fourth-order valence-corrected chi connectivity index (χ4v) is 4.36. The molecule has 2 aliphatic heterocycles. The monoisotopic (exact) mass is 593 g/mol. The maximum absolute atomic E-state index is 13.1. The lowest BCUT2D eigenvalue weighted by molar-refractivity contribution is -0.111. The summed E-state index contributed by atoms with van der Waals surface area (Å²) in [5, 5.41) is 19.7. The fourth-order valence-electron chi connectivity index (χ4n) is 3.96. The van der Waals surface area contributed by atoms with Crippen molar-refractivity contribution in [2.75, 3.05) is 10.6 Å². The Labute approximate surface area is 245 Å². The van der Waals surface area contributed by atoms with Crippen LogP contribution < -0.4 is 15.4 Å². The molecule has 5 rings (SSSR count). The van der Waals surface area contributed by atoms with E-state index < -0.39 is 18.0 Å². The molecule has 0 aliphatic carbocycles. The Morgan fingerprint density at radius 3 is 2.56 bits per heavy atom. The normalized spacial score (nSPS) is 16.1. The third-order valence-electron chi connectivity index (χ3n) is 6.12. The van der Waals surface area contributed by atoms with E-state index >= 15 is 0 Å². The lowest BCUT2D eigenvalue weighted by Gasteiger charge is -2.21. The van der Waals surface area contributed by atoms with Crippen LogP contribution in [-0.4, -0.2) is 51.1 Å². The van der Waals surface area contributed by atoms with Crippen molar-refractivity contribution in [2.24, 2.45) is 15.0 Å². The highest BCUT2D eigenvalue weighted by molar-refractivity contribution is 6.45. The van der Waals surface area contributed by atoms with Crippen molar-refractivity contribution in [2.45, 2.75) is 38.8 Å². The highest BCUT2D eigenvalue weighted by atomic mass is 35.5. The van der Waals surface area contributed by atoms with Gasteiger partial charge in [-0.3, -0.25) is 15.1 Å². The molecule has 11 nitrogen and oxygen atoms in total. The molecule has 1 unspecified atom stereocenters. The highest BCUT2D eigenvalue weighted by Crippen LogP contribution is 2.39. The number of aliphatic hydroxyl groups excluding tert-OH is 1. The van der Waals surface area contributed by atoms with Crippen LogP contribution in [-0.2, 0) is 16.8 Å². The van der Waals surface area contributed by atoms with Crippen molar-refractivity contribution in [1.82, 2.24) is 9.78 Å². The Hall–Kier alpha value is -4.32. The number of aromatic nitrogens is 2. The zero-order valence-electron chi connectivity index (χ0n) is 22.2. The summed E-state index contributed by atoms with van der Waals surface area (Å²) < 4.78 is 7.55. The summed E-state index contributed by atoms with van der Waals surface area (Å²) >= 11 is 13.0. The van der Waals surface area contributed by atoms with Gasteiger partial charge in [-0.05, 0) is 35.9 Å². The summed E-state index contributed by atoms with van der Waals surface area (Å²) in [7, 11) is 0. The van der Waals surface area contributed by atoms with Crippen molar-refractivity contribution >= 4 is 64.9 Å². The van der Waals surface area contributed by atoms with E-state index in [-0.39, 0.29) is 39.3 Å². The summed E-state index contributed by atoms with van der Waals surface area (Å²) in [6.07, 6.45) is 4.14. The fraction of sp³-hybridized carbons (Fsp3) is 0.214. The average Bonchev–Trinajstić information content (AvgIpc) is 3.37. The number of urea groups is 1. The van der Waals surface area contributed by atoms with Gasteiger partial charge in [0.1, 0.15) is 22.3 Å². The van der Waals surface area contributed by atoms with Gasteiger partial charge >= 0.3 is 6.03 Å². The van der Waals surface area contributed by atoms with Crippen LogP contribution in [0.25, 0.3) is 5.69 Å². The van der Waals surface area contributed by atoms with Crippen LogP contribution in [0.2, 0.25) is 10.0 Å². The molecular formula is C28H25Cl2N7O4. The SMILES string of the molecule is CC(C)(C)c1cc(NC(=O)Nc2ccc(OC3=CC=NC4=NC(=O)C=NC34)c(Cl)c2Cl)n(-c2ccc(CO)cc2)n1. The standard InChI is InChI=1S/C28H25Cl2N7O4/c1-28(2,3)20-12-21(37(36-20)16-6-4-15(14-38)5-7-16)34-27(40)33-17-8-9-18(24(30)23(17)29)41-19-10-11-31-26-25(19)32-13-22(39)35-26/h4-13,25,38H,14H2,1-3H3,(H2,33,34,40). The second-order valence-electron chi connectivity index (χ2n) is 10.2. The van der Waals surface area contributed by atoms with Gasteiger partial charge in [0.05, 0.1) is 34.9 Å². The van der Waals surface area contributed by atoms with Gasteiger partial charge in [0.15, 0.2) is 11.9 Å². The molecule has 0 radical (unpaired) electrons.